The van der Waals surface area contributed by atoms with Crippen molar-refractivity contribution in [2.75, 3.05) is 0 Å². The Kier molecular flexibility index (Phi) is 15.9. The van der Waals surface area contributed by atoms with Gasteiger partial charge in [-0.2, -0.15) is 22.8 Å². The maximum atomic E-state index is 2.38. The summed E-state index contributed by atoms with van der Waals surface area (Å²) in [7, 11) is 0. The van der Waals surface area contributed by atoms with E-state index in [-0.39, 0.29) is 51.0 Å². The zero-order chi connectivity index (χ0) is 8.97. The maximum absolute atomic E-state index is 2.38. The Balaban J connectivity index is -0.000000480. The van der Waals surface area contributed by atoms with Crippen LogP contribution in [0.2, 0.25) is 0 Å². The molecule has 1 aromatic carbocycles. The molecule has 0 aliphatic rings. The Morgan fingerprint density at radius 1 is 1.13 bits per heavy atom. The summed E-state index contributed by atoms with van der Waals surface area (Å²) in [5.41, 5.74) is 4.65. The summed E-state index contributed by atoms with van der Waals surface area (Å²) in [4.78, 5) is 0. The number of rotatable bonds is 4. The molecule has 0 unspecified atom stereocenters. The van der Waals surface area contributed by atoms with Gasteiger partial charge < -0.3 is 24.8 Å². The van der Waals surface area contributed by atoms with Crippen LogP contribution in [0.5, 0.6) is 0 Å². The number of hydrogen-bond donors (Lipinski definition) is 0. The third-order valence-corrected chi connectivity index (χ3v) is 2.43. The topological polar surface area (TPSA) is 0 Å². The molecule has 85 valence electrons. The molecule has 1 aromatic rings. The third kappa shape index (κ3) is 6.20. The van der Waals surface area contributed by atoms with Crippen molar-refractivity contribution in [1.82, 2.24) is 0 Å². The van der Waals surface area contributed by atoms with Crippen molar-refractivity contribution in [3.8, 4) is 0 Å². The minimum absolute atomic E-state index is 0. The first-order valence-corrected chi connectivity index (χ1v) is 5.09. The van der Waals surface area contributed by atoms with Gasteiger partial charge in [0.2, 0.25) is 0 Å². The molecule has 1 radical (unpaired) electrons. The van der Waals surface area contributed by atoms with Gasteiger partial charge in [0.25, 0.3) is 0 Å². The van der Waals surface area contributed by atoms with E-state index in [2.05, 4.69) is 32.9 Å². The predicted molar refractivity (Wildman–Crippen MR) is 54.8 cm³/mol. The first-order valence-electron chi connectivity index (χ1n) is 5.09. The van der Waals surface area contributed by atoms with E-state index in [0.29, 0.717) is 0 Å². The molecule has 0 bridgehead atoms. The molecule has 0 aromatic heterocycles. The second-order valence-electron chi connectivity index (χ2n) is 3.37. The number of hydrogen-bond acceptors (Lipinski definition) is 0. The van der Waals surface area contributed by atoms with Gasteiger partial charge in [0.15, 0.2) is 0 Å². The van der Waals surface area contributed by atoms with E-state index in [0.717, 1.165) is 0 Å². The van der Waals surface area contributed by atoms with Crippen LogP contribution in [-0.2, 0) is 45.5 Å². The SMILES string of the molecule is CCCc1cc(CC)[c-](CC)c1.[Cl-].[Cl-].[Zr+3]. The van der Waals surface area contributed by atoms with Crippen LogP contribution in [0.15, 0.2) is 12.1 Å². The van der Waals surface area contributed by atoms with E-state index in [9.17, 15) is 0 Å². The van der Waals surface area contributed by atoms with E-state index < -0.39 is 0 Å². The summed E-state index contributed by atoms with van der Waals surface area (Å²) in [5, 5.41) is 0. The van der Waals surface area contributed by atoms with Crippen LogP contribution in [0.4, 0.5) is 0 Å². The van der Waals surface area contributed by atoms with Gasteiger partial charge >= 0.3 is 26.2 Å². The van der Waals surface area contributed by atoms with Crippen molar-refractivity contribution in [2.24, 2.45) is 0 Å². The monoisotopic (exact) mass is 323 g/mol. The van der Waals surface area contributed by atoms with E-state index in [1.165, 1.54) is 31.2 Å². The maximum Gasteiger partial charge on any atom is 3.00 e. The molecule has 0 nitrogen and oxygen atoms in total. The summed E-state index contributed by atoms with van der Waals surface area (Å²) in [6, 6.07) is 4.75. The molecule has 0 fully saturated rings. The van der Waals surface area contributed by atoms with Crippen molar-refractivity contribution in [2.45, 2.75) is 46.5 Å². The zero-order valence-electron chi connectivity index (χ0n) is 9.74. The minimum Gasteiger partial charge on any atom is -1.00 e. The first-order chi connectivity index (χ1) is 5.81. The second kappa shape index (κ2) is 11.3. The van der Waals surface area contributed by atoms with Crippen molar-refractivity contribution in [3.63, 3.8) is 0 Å². The summed E-state index contributed by atoms with van der Waals surface area (Å²) in [6.45, 7) is 6.72. The Morgan fingerprint density at radius 3 is 2.07 bits per heavy atom. The van der Waals surface area contributed by atoms with Crippen molar-refractivity contribution in [1.29, 1.82) is 0 Å². The number of aryl methyl sites for hydroxylation is 3. The Labute approximate surface area is 126 Å². The largest absolute Gasteiger partial charge is 3.00 e. The molecule has 0 atom stereocenters. The second-order valence-corrected chi connectivity index (χ2v) is 3.37. The van der Waals surface area contributed by atoms with Gasteiger partial charge in [-0.1, -0.05) is 46.5 Å². The molecule has 3 heteroatoms. The molecular weight excluding hydrogens is 306 g/mol. The average molecular weight is 325 g/mol. The summed E-state index contributed by atoms with van der Waals surface area (Å²) < 4.78 is 0. The van der Waals surface area contributed by atoms with E-state index >= 15 is 0 Å². The summed E-state index contributed by atoms with van der Waals surface area (Å²) in [6.07, 6.45) is 4.88. The van der Waals surface area contributed by atoms with Gasteiger partial charge in [0.1, 0.15) is 0 Å². The van der Waals surface area contributed by atoms with Crippen molar-refractivity contribution < 1.29 is 51.0 Å². The van der Waals surface area contributed by atoms with Gasteiger partial charge in [0, 0.05) is 0 Å². The van der Waals surface area contributed by atoms with Crippen LogP contribution in [0.25, 0.3) is 0 Å². The molecule has 15 heavy (non-hydrogen) atoms. The fourth-order valence-corrected chi connectivity index (χ4v) is 1.77. The predicted octanol–water partition coefficient (Wildman–Crippen LogP) is -2.51. The van der Waals surface area contributed by atoms with Crippen molar-refractivity contribution >= 4 is 0 Å². The molecular formula is C12H19Cl2Zr. The fraction of sp³-hybridized carbons (Fsp3) is 0.583. The molecule has 0 amide bonds. The molecule has 0 heterocycles. The van der Waals surface area contributed by atoms with Crippen LogP contribution in [0.1, 0.15) is 43.9 Å². The summed E-state index contributed by atoms with van der Waals surface area (Å²) in [5.74, 6) is 0. The first kappa shape index (κ1) is 21.1. The molecule has 0 aliphatic heterocycles. The molecule has 0 aliphatic carbocycles. The van der Waals surface area contributed by atoms with Crippen LogP contribution in [0, 0.1) is 0 Å². The molecule has 0 saturated carbocycles. The zero-order valence-corrected chi connectivity index (χ0v) is 13.7. The normalized spacial score (nSPS) is 8.47. The molecule has 0 spiro atoms. The van der Waals surface area contributed by atoms with Gasteiger partial charge in [-0.05, 0) is 0 Å². The minimum atomic E-state index is 0. The van der Waals surface area contributed by atoms with Gasteiger partial charge in [-0.3, -0.25) is 0 Å². The average Bonchev–Trinajstić information content (AvgIpc) is 2.48. The smallest absolute Gasteiger partial charge is 1.00 e. The standard InChI is InChI=1S/C12H19.2ClH.Zr/c1-4-7-10-8-11(5-2)12(6-3)9-10;;;/h8-9H,4-7H2,1-3H3;2*1H;/q-1;;;+3/p-2. The van der Waals surface area contributed by atoms with Gasteiger partial charge in [0.05, 0.1) is 0 Å². The quantitative estimate of drug-likeness (QED) is 0.537. The van der Waals surface area contributed by atoms with E-state index in [1.807, 2.05) is 0 Å². The summed E-state index contributed by atoms with van der Waals surface area (Å²) >= 11 is 0. The Hall–Kier alpha value is 0.813. The van der Waals surface area contributed by atoms with Crippen molar-refractivity contribution in [3.05, 3.63) is 28.8 Å². The van der Waals surface area contributed by atoms with Gasteiger partial charge in [-0.25, -0.2) is 6.07 Å². The van der Waals surface area contributed by atoms with Gasteiger partial charge in [-0.15, -0.1) is 0 Å². The number of halogens is 2. The van der Waals surface area contributed by atoms with Crippen LogP contribution in [0.3, 0.4) is 0 Å². The molecule has 1 rings (SSSR count). The molecule has 0 N–H and O–H groups in total. The van der Waals surface area contributed by atoms with Crippen LogP contribution >= 0.6 is 0 Å². The fourth-order valence-electron chi connectivity index (χ4n) is 1.77. The Morgan fingerprint density at radius 2 is 1.73 bits per heavy atom. The molecule has 0 saturated heterocycles. The third-order valence-electron chi connectivity index (χ3n) is 2.43. The van der Waals surface area contributed by atoms with E-state index in [1.54, 1.807) is 11.1 Å². The van der Waals surface area contributed by atoms with E-state index in [4.69, 9.17) is 0 Å². The Bertz CT molecular complexity index is 222. The van der Waals surface area contributed by atoms with Crippen LogP contribution in [-0.4, -0.2) is 0 Å². The van der Waals surface area contributed by atoms with Crippen LogP contribution < -0.4 is 24.8 Å².